The zero-order valence-electron chi connectivity index (χ0n) is 10.2. The molecule has 0 spiro atoms. The smallest absolute Gasteiger partial charge is 0.123 e. The fourth-order valence-corrected chi connectivity index (χ4v) is 3.51. The van der Waals surface area contributed by atoms with Crippen LogP contribution < -0.4 is 4.74 Å². The van der Waals surface area contributed by atoms with Crippen molar-refractivity contribution >= 4 is 10.8 Å². The Morgan fingerprint density at radius 3 is 2.68 bits per heavy atom. The highest BCUT2D eigenvalue weighted by atomic mass is 32.2. The van der Waals surface area contributed by atoms with Crippen molar-refractivity contribution in [2.75, 3.05) is 12.4 Å². The van der Waals surface area contributed by atoms with Gasteiger partial charge in [0.1, 0.15) is 11.6 Å². The van der Waals surface area contributed by atoms with Crippen LogP contribution in [0.4, 0.5) is 4.39 Å². The zero-order chi connectivity index (χ0) is 13.2. The predicted molar refractivity (Wildman–Crippen MR) is 72.4 cm³/mol. The van der Waals surface area contributed by atoms with Crippen LogP contribution in [0.3, 0.4) is 0 Å². The predicted octanol–water partition coefficient (Wildman–Crippen LogP) is 3.11. The van der Waals surface area contributed by atoms with E-state index in [2.05, 4.69) is 0 Å². The SMILES string of the molecule is O=S(CC1COc2ccccc21)c1ccc(F)cc1. The van der Waals surface area contributed by atoms with Crippen molar-refractivity contribution in [3.8, 4) is 5.75 Å². The highest BCUT2D eigenvalue weighted by Crippen LogP contribution is 2.34. The van der Waals surface area contributed by atoms with E-state index in [1.807, 2.05) is 24.3 Å². The Hall–Kier alpha value is -1.68. The number of rotatable bonds is 3. The maximum Gasteiger partial charge on any atom is 0.123 e. The second-order valence-corrected chi connectivity index (χ2v) is 6.01. The van der Waals surface area contributed by atoms with Crippen LogP contribution in [-0.2, 0) is 10.8 Å². The molecular formula is C15H13FO2S. The van der Waals surface area contributed by atoms with E-state index in [-0.39, 0.29) is 11.7 Å². The van der Waals surface area contributed by atoms with Gasteiger partial charge in [0.15, 0.2) is 0 Å². The molecule has 2 aromatic rings. The van der Waals surface area contributed by atoms with Crippen LogP contribution in [-0.4, -0.2) is 16.6 Å². The average molecular weight is 276 g/mol. The molecule has 2 nitrogen and oxygen atoms in total. The molecule has 0 aromatic heterocycles. The topological polar surface area (TPSA) is 26.3 Å². The molecule has 1 aliphatic rings. The molecule has 2 aromatic carbocycles. The number of para-hydroxylation sites is 1. The summed E-state index contributed by atoms with van der Waals surface area (Å²) in [4.78, 5) is 0.658. The van der Waals surface area contributed by atoms with Crippen molar-refractivity contribution in [1.82, 2.24) is 0 Å². The first kappa shape index (κ1) is 12.4. The lowest BCUT2D eigenvalue weighted by Gasteiger charge is -2.08. The summed E-state index contributed by atoms with van der Waals surface area (Å²) in [5.41, 5.74) is 1.11. The van der Waals surface area contributed by atoms with E-state index in [1.54, 1.807) is 12.1 Å². The molecule has 3 rings (SSSR count). The lowest BCUT2D eigenvalue weighted by molar-refractivity contribution is 0.338. The number of hydrogen-bond acceptors (Lipinski definition) is 2. The van der Waals surface area contributed by atoms with E-state index in [1.165, 1.54) is 12.1 Å². The second kappa shape index (κ2) is 5.13. The molecule has 0 saturated carbocycles. The Morgan fingerprint density at radius 1 is 1.16 bits per heavy atom. The van der Waals surface area contributed by atoms with Crippen LogP contribution in [0.2, 0.25) is 0 Å². The van der Waals surface area contributed by atoms with Crippen LogP contribution in [0.25, 0.3) is 0 Å². The van der Waals surface area contributed by atoms with Gasteiger partial charge in [0.2, 0.25) is 0 Å². The zero-order valence-corrected chi connectivity index (χ0v) is 11.0. The molecule has 0 saturated heterocycles. The largest absolute Gasteiger partial charge is 0.493 e. The molecular weight excluding hydrogens is 263 g/mol. The number of hydrogen-bond donors (Lipinski definition) is 0. The van der Waals surface area contributed by atoms with Crippen LogP contribution in [0.15, 0.2) is 53.4 Å². The van der Waals surface area contributed by atoms with Gasteiger partial charge in [0.05, 0.1) is 17.4 Å². The van der Waals surface area contributed by atoms with Gasteiger partial charge in [-0.3, -0.25) is 4.21 Å². The van der Waals surface area contributed by atoms with E-state index in [0.717, 1.165) is 11.3 Å². The van der Waals surface area contributed by atoms with Crippen LogP contribution in [0.1, 0.15) is 11.5 Å². The second-order valence-electron chi connectivity index (χ2n) is 4.51. The molecule has 98 valence electrons. The summed E-state index contributed by atoms with van der Waals surface area (Å²) in [6.45, 7) is 0.562. The van der Waals surface area contributed by atoms with Gasteiger partial charge in [-0.05, 0) is 30.3 Å². The van der Waals surface area contributed by atoms with E-state index >= 15 is 0 Å². The molecule has 0 fully saturated rings. The van der Waals surface area contributed by atoms with Gasteiger partial charge in [0, 0.05) is 22.1 Å². The Bertz CT molecular complexity index is 610. The number of ether oxygens (including phenoxy) is 1. The summed E-state index contributed by atoms with van der Waals surface area (Å²) in [5.74, 6) is 1.21. The lowest BCUT2D eigenvalue weighted by atomic mass is 10.0. The third kappa shape index (κ3) is 2.54. The molecule has 0 N–H and O–H groups in total. The van der Waals surface area contributed by atoms with Crippen molar-refractivity contribution in [2.45, 2.75) is 10.8 Å². The highest BCUT2D eigenvalue weighted by Gasteiger charge is 2.25. The summed E-state index contributed by atoms with van der Waals surface area (Å²) < 4.78 is 30.7. The first-order chi connectivity index (χ1) is 9.24. The Balaban J connectivity index is 1.76. The first-order valence-corrected chi connectivity index (χ1v) is 7.41. The van der Waals surface area contributed by atoms with E-state index in [4.69, 9.17) is 4.74 Å². The summed E-state index contributed by atoms with van der Waals surface area (Å²) in [5, 5.41) is 0. The first-order valence-electron chi connectivity index (χ1n) is 6.10. The third-order valence-electron chi connectivity index (χ3n) is 3.23. The van der Waals surface area contributed by atoms with Gasteiger partial charge in [-0.25, -0.2) is 4.39 Å². The minimum Gasteiger partial charge on any atom is -0.493 e. The van der Waals surface area contributed by atoms with Gasteiger partial charge >= 0.3 is 0 Å². The Labute approximate surface area is 113 Å². The number of halogens is 1. The number of benzene rings is 2. The Morgan fingerprint density at radius 2 is 1.89 bits per heavy atom. The minimum atomic E-state index is -1.14. The third-order valence-corrected chi connectivity index (χ3v) is 4.73. The van der Waals surface area contributed by atoms with Gasteiger partial charge < -0.3 is 4.74 Å². The van der Waals surface area contributed by atoms with E-state index in [0.29, 0.717) is 17.3 Å². The Kier molecular flexibility index (Phi) is 3.34. The van der Waals surface area contributed by atoms with E-state index < -0.39 is 10.8 Å². The van der Waals surface area contributed by atoms with E-state index in [9.17, 15) is 8.60 Å². The monoisotopic (exact) mass is 276 g/mol. The van der Waals surface area contributed by atoms with Crippen molar-refractivity contribution in [2.24, 2.45) is 0 Å². The summed E-state index contributed by atoms with van der Waals surface area (Å²) in [6.07, 6.45) is 0. The molecule has 0 radical (unpaired) electrons. The average Bonchev–Trinajstić information content (AvgIpc) is 2.83. The summed E-state index contributed by atoms with van der Waals surface area (Å²) in [6, 6.07) is 13.7. The summed E-state index contributed by atoms with van der Waals surface area (Å²) >= 11 is 0. The van der Waals surface area contributed by atoms with Gasteiger partial charge in [-0.1, -0.05) is 18.2 Å². The van der Waals surface area contributed by atoms with Crippen molar-refractivity contribution in [3.63, 3.8) is 0 Å². The fourth-order valence-electron chi connectivity index (χ4n) is 2.23. The quantitative estimate of drug-likeness (QED) is 0.861. The normalized spacial score (nSPS) is 18.7. The lowest BCUT2D eigenvalue weighted by Crippen LogP contribution is -2.11. The van der Waals surface area contributed by atoms with Gasteiger partial charge in [0.25, 0.3) is 0 Å². The maximum atomic E-state index is 12.8. The summed E-state index contributed by atoms with van der Waals surface area (Å²) in [7, 11) is -1.14. The van der Waals surface area contributed by atoms with Gasteiger partial charge in [-0.2, -0.15) is 0 Å². The van der Waals surface area contributed by atoms with Gasteiger partial charge in [-0.15, -0.1) is 0 Å². The molecule has 0 bridgehead atoms. The van der Waals surface area contributed by atoms with Crippen molar-refractivity contribution in [3.05, 3.63) is 59.9 Å². The minimum absolute atomic E-state index is 0.141. The highest BCUT2D eigenvalue weighted by molar-refractivity contribution is 7.85. The molecule has 2 atom stereocenters. The molecule has 2 unspecified atom stereocenters. The molecule has 1 heterocycles. The standard InChI is InChI=1S/C15H13FO2S/c16-12-5-7-13(8-6-12)19(17)10-11-9-18-15-4-2-1-3-14(11)15/h1-8,11H,9-10H2. The van der Waals surface area contributed by atoms with Crippen LogP contribution >= 0.6 is 0 Å². The van der Waals surface area contributed by atoms with Crippen LogP contribution in [0, 0.1) is 5.82 Å². The molecule has 19 heavy (non-hydrogen) atoms. The maximum absolute atomic E-state index is 12.8. The van der Waals surface area contributed by atoms with Crippen molar-refractivity contribution < 1.29 is 13.3 Å². The molecule has 0 amide bonds. The molecule has 1 aliphatic heterocycles. The number of fused-ring (bicyclic) bond motifs is 1. The fraction of sp³-hybridized carbons (Fsp3) is 0.200. The molecule has 0 aliphatic carbocycles. The van der Waals surface area contributed by atoms with Crippen LogP contribution in [0.5, 0.6) is 5.75 Å². The molecule has 4 heteroatoms. The van der Waals surface area contributed by atoms with Crippen molar-refractivity contribution in [1.29, 1.82) is 0 Å².